The molecular formula is C23H22N4O6S. The maximum Gasteiger partial charge on any atom is 0.311 e. The van der Waals surface area contributed by atoms with Crippen LogP contribution in [0.4, 0.5) is 5.69 Å². The zero-order valence-electron chi connectivity index (χ0n) is 18.1. The first-order chi connectivity index (χ1) is 16.2. The first-order valence-electron chi connectivity index (χ1n) is 10.1. The smallest absolute Gasteiger partial charge is 0.311 e. The van der Waals surface area contributed by atoms with Crippen LogP contribution in [0.3, 0.4) is 0 Å². The molecule has 0 spiro atoms. The zero-order chi connectivity index (χ0) is 24.7. The molecule has 0 heterocycles. The van der Waals surface area contributed by atoms with E-state index in [-0.39, 0.29) is 16.9 Å². The van der Waals surface area contributed by atoms with Crippen molar-refractivity contribution in [2.45, 2.75) is 24.3 Å². The Labute approximate surface area is 196 Å². The number of nitro benzene ring substituents is 1. The van der Waals surface area contributed by atoms with Crippen LogP contribution >= 0.6 is 0 Å². The molecule has 176 valence electrons. The van der Waals surface area contributed by atoms with Gasteiger partial charge in [0.15, 0.2) is 5.75 Å². The molecule has 0 bridgehead atoms. The van der Waals surface area contributed by atoms with E-state index in [2.05, 4.69) is 15.2 Å². The normalized spacial score (nSPS) is 12.4. The van der Waals surface area contributed by atoms with Gasteiger partial charge in [0, 0.05) is 18.1 Å². The lowest BCUT2D eigenvalue weighted by atomic mass is 10.0. The maximum absolute atomic E-state index is 12.9. The molecule has 0 saturated heterocycles. The SMILES string of the molecule is Cc1ccc(S(=O)(=O)N[C@@H](CC(=O)N/N=C\c2ccc(O)c([N+](=O)[O-])c2)c2ccccc2)cc1. The van der Waals surface area contributed by atoms with Crippen LogP contribution in [-0.4, -0.2) is 30.6 Å². The van der Waals surface area contributed by atoms with Crippen molar-refractivity contribution >= 4 is 27.8 Å². The highest BCUT2D eigenvalue weighted by Gasteiger charge is 2.23. The number of nitro groups is 1. The third kappa shape index (κ3) is 6.47. The average Bonchev–Trinajstić information content (AvgIpc) is 2.80. The van der Waals surface area contributed by atoms with Gasteiger partial charge in [-0.3, -0.25) is 14.9 Å². The van der Waals surface area contributed by atoms with Gasteiger partial charge in [0.25, 0.3) is 0 Å². The predicted molar refractivity (Wildman–Crippen MR) is 126 cm³/mol. The van der Waals surface area contributed by atoms with Gasteiger partial charge >= 0.3 is 5.69 Å². The second kappa shape index (κ2) is 10.7. The fourth-order valence-corrected chi connectivity index (χ4v) is 4.29. The van der Waals surface area contributed by atoms with Crippen molar-refractivity contribution < 1.29 is 23.2 Å². The summed E-state index contributed by atoms with van der Waals surface area (Å²) in [5.74, 6) is -1.07. The lowest BCUT2D eigenvalue weighted by Crippen LogP contribution is -2.32. The zero-order valence-corrected chi connectivity index (χ0v) is 18.9. The summed E-state index contributed by atoms with van der Waals surface area (Å²) < 4.78 is 28.3. The Morgan fingerprint density at radius 3 is 2.44 bits per heavy atom. The van der Waals surface area contributed by atoms with Crippen LogP contribution in [0.5, 0.6) is 5.75 Å². The molecule has 0 saturated carbocycles. The van der Waals surface area contributed by atoms with Crippen LogP contribution in [0.2, 0.25) is 0 Å². The van der Waals surface area contributed by atoms with Crippen LogP contribution in [0, 0.1) is 17.0 Å². The summed E-state index contributed by atoms with van der Waals surface area (Å²) in [5.41, 5.74) is 3.58. The van der Waals surface area contributed by atoms with Gasteiger partial charge in [0.2, 0.25) is 15.9 Å². The van der Waals surface area contributed by atoms with Crippen molar-refractivity contribution in [3.8, 4) is 5.75 Å². The number of hydrazone groups is 1. The van der Waals surface area contributed by atoms with E-state index in [4.69, 9.17) is 0 Å². The number of hydrogen-bond acceptors (Lipinski definition) is 7. The summed E-state index contributed by atoms with van der Waals surface area (Å²) in [7, 11) is -3.91. The Morgan fingerprint density at radius 2 is 1.79 bits per heavy atom. The first kappa shape index (κ1) is 24.6. The Morgan fingerprint density at radius 1 is 1.12 bits per heavy atom. The van der Waals surface area contributed by atoms with E-state index in [0.717, 1.165) is 17.7 Å². The molecule has 34 heavy (non-hydrogen) atoms. The van der Waals surface area contributed by atoms with Crippen molar-refractivity contribution in [1.82, 2.24) is 10.1 Å². The highest BCUT2D eigenvalue weighted by Crippen LogP contribution is 2.25. The van der Waals surface area contributed by atoms with E-state index in [9.17, 15) is 28.4 Å². The number of nitrogens with one attached hydrogen (secondary N) is 2. The molecule has 3 aromatic rings. The fourth-order valence-electron chi connectivity index (χ4n) is 3.06. The number of carbonyl (C=O) groups is 1. The van der Waals surface area contributed by atoms with Crippen molar-refractivity contribution in [2.75, 3.05) is 0 Å². The Kier molecular flexibility index (Phi) is 7.71. The van der Waals surface area contributed by atoms with E-state index >= 15 is 0 Å². The molecule has 0 aliphatic carbocycles. The highest BCUT2D eigenvalue weighted by molar-refractivity contribution is 7.89. The van der Waals surface area contributed by atoms with Crippen molar-refractivity contribution in [2.24, 2.45) is 5.10 Å². The molecule has 10 nitrogen and oxygen atoms in total. The van der Waals surface area contributed by atoms with Crippen LogP contribution in [0.1, 0.15) is 29.2 Å². The largest absolute Gasteiger partial charge is 0.502 e. The molecule has 0 unspecified atom stereocenters. The van der Waals surface area contributed by atoms with Crippen molar-refractivity contribution in [3.05, 3.63) is 99.6 Å². The number of phenolic OH excluding ortho intramolecular Hbond substituents is 1. The Bertz CT molecular complexity index is 1310. The standard InChI is InChI=1S/C23H22N4O6S/c1-16-7-10-19(11-8-16)34(32,33)26-20(18-5-3-2-4-6-18)14-23(29)25-24-15-17-9-12-22(28)21(13-17)27(30)31/h2-13,15,20,26,28H,14H2,1H3,(H,25,29)/b24-15-/t20-/m0/s1. The molecule has 3 N–H and O–H groups in total. The summed E-state index contributed by atoms with van der Waals surface area (Å²) in [5, 5.41) is 24.2. The average molecular weight is 483 g/mol. The van der Waals surface area contributed by atoms with E-state index in [1.54, 1.807) is 42.5 Å². The molecule has 0 aliphatic rings. The summed E-state index contributed by atoms with van der Waals surface area (Å²) in [6, 6.07) is 17.8. The van der Waals surface area contributed by atoms with Gasteiger partial charge in [0.05, 0.1) is 22.1 Å². The van der Waals surface area contributed by atoms with Gasteiger partial charge in [-0.1, -0.05) is 48.0 Å². The molecule has 1 atom stereocenters. The second-order valence-electron chi connectivity index (χ2n) is 7.40. The van der Waals surface area contributed by atoms with Gasteiger partial charge in [-0.15, -0.1) is 0 Å². The molecule has 0 fully saturated rings. The molecule has 0 aliphatic heterocycles. The molecular weight excluding hydrogens is 460 g/mol. The molecule has 1 amide bonds. The quantitative estimate of drug-likeness (QED) is 0.242. The third-order valence-corrected chi connectivity index (χ3v) is 6.31. The van der Waals surface area contributed by atoms with E-state index < -0.39 is 38.3 Å². The minimum absolute atomic E-state index is 0.0754. The minimum atomic E-state index is -3.91. The van der Waals surface area contributed by atoms with Gasteiger partial charge < -0.3 is 5.11 Å². The fraction of sp³-hybridized carbons (Fsp3) is 0.130. The number of hydrogen-bond donors (Lipinski definition) is 3. The van der Waals surface area contributed by atoms with Crippen LogP contribution < -0.4 is 10.1 Å². The predicted octanol–water partition coefficient (Wildman–Crippen LogP) is 3.17. The van der Waals surface area contributed by atoms with Crippen molar-refractivity contribution in [1.29, 1.82) is 0 Å². The monoisotopic (exact) mass is 482 g/mol. The van der Waals surface area contributed by atoms with Gasteiger partial charge in [-0.2, -0.15) is 5.10 Å². The number of phenols is 1. The Balaban J connectivity index is 1.73. The van der Waals surface area contributed by atoms with Crippen molar-refractivity contribution in [3.63, 3.8) is 0 Å². The molecule has 3 rings (SSSR count). The van der Waals surface area contributed by atoms with Crippen LogP contribution in [0.25, 0.3) is 0 Å². The third-order valence-electron chi connectivity index (χ3n) is 4.82. The second-order valence-corrected chi connectivity index (χ2v) is 9.11. The summed E-state index contributed by atoms with van der Waals surface area (Å²) in [4.78, 5) is 22.8. The number of sulfonamides is 1. The number of benzene rings is 3. The molecule has 0 radical (unpaired) electrons. The topological polar surface area (TPSA) is 151 Å². The van der Waals surface area contributed by atoms with E-state index in [1.165, 1.54) is 24.4 Å². The first-order valence-corrected chi connectivity index (χ1v) is 11.6. The van der Waals surface area contributed by atoms with E-state index in [0.29, 0.717) is 5.56 Å². The molecule has 11 heteroatoms. The van der Waals surface area contributed by atoms with Gasteiger partial charge in [-0.05, 0) is 36.8 Å². The van der Waals surface area contributed by atoms with Gasteiger partial charge in [-0.25, -0.2) is 18.6 Å². The number of carbonyl (C=O) groups excluding carboxylic acids is 1. The highest BCUT2D eigenvalue weighted by atomic mass is 32.2. The number of nitrogens with zero attached hydrogens (tertiary/aromatic N) is 2. The van der Waals surface area contributed by atoms with Gasteiger partial charge in [0.1, 0.15) is 0 Å². The number of amides is 1. The van der Waals surface area contributed by atoms with E-state index in [1.807, 2.05) is 6.92 Å². The lowest BCUT2D eigenvalue weighted by molar-refractivity contribution is -0.385. The maximum atomic E-state index is 12.9. The number of aromatic hydroxyl groups is 1. The van der Waals surface area contributed by atoms with Crippen LogP contribution in [0.15, 0.2) is 82.8 Å². The minimum Gasteiger partial charge on any atom is -0.502 e. The summed E-state index contributed by atoms with van der Waals surface area (Å²) >= 11 is 0. The molecule has 0 aromatic heterocycles. The summed E-state index contributed by atoms with van der Waals surface area (Å²) in [6.07, 6.45) is 0.931. The lowest BCUT2D eigenvalue weighted by Gasteiger charge is -2.18. The number of aryl methyl sites for hydroxylation is 1. The Hall–Kier alpha value is -4.09. The van der Waals surface area contributed by atoms with Crippen LogP contribution in [-0.2, 0) is 14.8 Å². The molecule has 3 aromatic carbocycles. The number of rotatable bonds is 9. The summed E-state index contributed by atoms with van der Waals surface area (Å²) in [6.45, 7) is 1.85.